The van der Waals surface area contributed by atoms with Gasteiger partial charge in [0.05, 0.1) is 30.8 Å². The van der Waals surface area contributed by atoms with E-state index in [1.807, 2.05) is 6.07 Å². The molecule has 5 nitrogen and oxygen atoms in total. The van der Waals surface area contributed by atoms with Gasteiger partial charge in [-0.15, -0.1) is 0 Å². The number of carbonyl (C=O) groups excluding carboxylic acids is 1. The van der Waals surface area contributed by atoms with Crippen LogP contribution in [0.15, 0.2) is 24.3 Å². The van der Waals surface area contributed by atoms with E-state index in [0.29, 0.717) is 18.8 Å². The van der Waals surface area contributed by atoms with E-state index < -0.39 is 6.29 Å². The predicted octanol–water partition coefficient (Wildman–Crippen LogP) is 2.97. The first-order chi connectivity index (χ1) is 10.8. The van der Waals surface area contributed by atoms with Crippen LogP contribution in [0.5, 0.6) is 0 Å². The molecule has 1 heterocycles. The molecule has 2 atom stereocenters. The molecule has 116 valence electrons. The summed E-state index contributed by atoms with van der Waals surface area (Å²) in [6, 6.07) is 9.36. The maximum absolute atomic E-state index is 12.3. The van der Waals surface area contributed by atoms with E-state index in [1.54, 1.807) is 18.2 Å². The van der Waals surface area contributed by atoms with Crippen LogP contribution in [-0.4, -0.2) is 25.3 Å². The number of benzene rings is 1. The second-order valence-corrected chi connectivity index (χ2v) is 5.66. The number of nitriles is 1. The van der Waals surface area contributed by atoms with E-state index in [-0.39, 0.29) is 18.0 Å². The van der Waals surface area contributed by atoms with Gasteiger partial charge in [0.1, 0.15) is 6.10 Å². The zero-order valence-corrected chi connectivity index (χ0v) is 12.4. The Hall–Kier alpha value is -1.90. The molecular formula is C17H19NO4. The van der Waals surface area contributed by atoms with Crippen LogP contribution in [0.4, 0.5) is 0 Å². The summed E-state index contributed by atoms with van der Waals surface area (Å²) in [5, 5.41) is 9.16. The number of esters is 1. The van der Waals surface area contributed by atoms with Crippen LogP contribution in [0.25, 0.3) is 0 Å². The van der Waals surface area contributed by atoms with Crippen molar-refractivity contribution in [2.24, 2.45) is 5.92 Å². The first kappa shape index (κ1) is 15.0. The Bertz CT molecular complexity index is 574. The summed E-state index contributed by atoms with van der Waals surface area (Å²) < 4.78 is 16.4. The van der Waals surface area contributed by atoms with Crippen molar-refractivity contribution in [2.75, 3.05) is 13.2 Å². The summed E-state index contributed by atoms with van der Waals surface area (Å²) >= 11 is 0. The number of hydrogen-bond acceptors (Lipinski definition) is 5. The summed E-state index contributed by atoms with van der Waals surface area (Å²) in [6.45, 7) is 1.12. The van der Waals surface area contributed by atoms with Gasteiger partial charge in [0, 0.05) is 5.56 Å². The minimum absolute atomic E-state index is 0.192. The van der Waals surface area contributed by atoms with Gasteiger partial charge in [-0.05, 0) is 31.4 Å². The molecule has 0 spiro atoms. The van der Waals surface area contributed by atoms with Gasteiger partial charge in [0.25, 0.3) is 0 Å². The van der Waals surface area contributed by atoms with Gasteiger partial charge in [0.15, 0.2) is 6.29 Å². The zero-order valence-electron chi connectivity index (χ0n) is 12.4. The third kappa shape index (κ3) is 3.29. The van der Waals surface area contributed by atoms with E-state index >= 15 is 0 Å². The smallest absolute Gasteiger partial charge is 0.338 e. The molecule has 5 heteroatoms. The van der Waals surface area contributed by atoms with Crippen molar-refractivity contribution in [3.05, 3.63) is 35.4 Å². The number of ether oxygens (including phenoxy) is 3. The molecule has 0 bridgehead atoms. The molecule has 2 unspecified atom stereocenters. The largest absolute Gasteiger partial charge is 0.457 e. The molecule has 22 heavy (non-hydrogen) atoms. The molecule has 2 fully saturated rings. The Balaban J connectivity index is 1.69. The maximum Gasteiger partial charge on any atom is 0.338 e. The van der Waals surface area contributed by atoms with Gasteiger partial charge < -0.3 is 14.2 Å². The number of rotatable bonds is 3. The van der Waals surface area contributed by atoms with Crippen molar-refractivity contribution in [3.63, 3.8) is 0 Å². The number of hydrogen-bond donors (Lipinski definition) is 0. The number of nitrogens with zero attached hydrogens (tertiary/aromatic N) is 1. The molecule has 1 aliphatic carbocycles. The Kier molecular flexibility index (Phi) is 4.71. The Labute approximate surface area is 129 Å². The summed E-state index contributed by atoms with van der Waals surface area (Å²) in [6.07, 6.45) is 2.89. The molecule has 3 rings (SSSR count). The van der Waals surface area contributed by atoms with Gasteiger partial charge in [-0.3, -0.25) is 0 Å². The molecule has 0 amide bonds. The Morgan fingerprint density at radius 2 is 2.00 bits per heavy atom. The molecule has 0 radical (unpaired) electrons. The van der Waals surface area contributed by atoms with Crippen molar-refractivity contribution in [1.29, 1.82) is 5.26 Å². The van der Waals surface area contributed by atoms with Gasteiger partial charge in [-0.1, -0.05) is 18.6 Å². The second kappa shape index (κ2) is 6.91. The minimum Gasteiger partial charge on any atom is -0.457 e. The first-order valence-electron chi connectivity index (χ1n) is 7.71. The lowest BCUT2D eigenvalue weighted by Gasteiger charge is -2.26. The molecule has 1 aromatic carbocycles. The van der Waals surface area contributed by atoms with E-state index in [2.05, 4.69) is 6.07 Å². The fourth-order valence-electron chi connectivity index (χ4n) is 2.95. The molecule has 1 saturated carbocycles. The van der Waals surface area contributed by atoms with Gasteiger partial charge in [0.2, 0.25) is 0 Å². The van der Waals surface area contributed by atoms with Crippen LogP contribution in [0, 0.1) is 17.2 Å². The summed E-state index contributed by atoms with van der Waals surface area (Å²) in [4.78, 5) is 12.3. The van der Waals surface area contributed by atoms with Crippen LogP contribution < -0.4 is 0 Å². The van der Waals surface area contributed by atoms with Crippen molar-refractivity contribution < 1.29 is 19.0 Å². The summed E-state index contributed by atoms with van der Waals surface area (Å²) in [7, 11) is 0. The lowest BCUT2D eigenvalue weighted by molar-refractivity contribution is -0.0441. The van der Waals surface area contributed by atoms with Crippen LogP contribution in [0.2, 0.25) is 0 Å². The minimum atomic E-state index is -0.408. The highest BCUT2D eigenvalue weighted by Gasteiger charge is 2.29. The normalized spacial score (nSPS) is 25.6. The SMILES string of the molecule is N#CC1CCCCC1OC(=O)c1cccc(C2OCCO2)c1. The van der Waals surface area contributed by atoms with Crippen molar-refractivity contribution in [2.45, 2.75) is 38.1 Å². The van der Waals surface area contributed by atoms with Crippen molar-refractivity contribution in [1.82, 2.24) is 0 Å². The topological polar surface area (TPSA) is 68.5 Å². The van der Waals surface area contributed by atoms with Crippen LogP contribution in [0.1, 0.15) is 47.9 Å². The number of carbonyl (C=O) groups is 1. The first-order valence-corrected chi connectivity index (χ1v) is 7.71. The van der Waals surface area contributed by atoms with Gasteiger partial charge >= 0.3 is 5.97 Å². The standard InChI is InChI=1S/C17H19NO4/c18-11-14-4-1-2-7-15(14)22-16(19)12-5-3-6-13(10-12)17-20-8-9-21-17/h3,5-6,10,14-15,17H,1-2,4,7-9H2. The van der Waals surface area contributed by atoms with Gasteiger partial charge in [-0.25, -0.2) is 4.79 Å². The van der Waals surface area contributed by atoms with Gasteiger partial charge in [-0.2, -0.15) is 5.26 Å². The van der Waals surface area contributed by atoms with E-state index in [0.717, 1.165) is 31.2 Å². The molecular weight excluding hydrogens is 282 g/mol. The average Bonchev–Trinajstić information content (AvgIpc) is 3.10. The zero-order chi connectivity index (χ0) is 15.4. The molecule has 0 aromatic heterocycles. The Morgan fingerprint density at radius 1 is 1.23 bits per heavy atom. The van der Waals surface area contributed by atoms with E-state index in [4.69, 9.17) is 19.5 Å². The van der Waals surface area contributed by atoms with Crippen molar-refractivity contribution >= 4 is 5.97 Å². The highest BCUT2D eigenvalue weighted by Crippen LogP contribution is 2.28. The molecule has 1 aromatic rings. The lowest BCUT2D eigenvalue weighted by atomic mass is 9.87. The molecule has 0 N–H and O–H groups in total. The highest BCUT2D eigenvalue weighted by atomic mass is 16.7. The van der Waals surface area contributed by atoms with Crippen LogP contribution in [-0.2, 0) is 14.2 Å². The second-order valence-electron chi connectivity index (χ2n) is 5.66. The fraction of sp³-hybridized carbons (Fsp3) is 0.529. The summed E-state index contributed by atoms with van der Waals surface area (Å²) in [5.41, 5.74) is 1.28. The lowest BCUT2D eigenvalue weighted by Crippen LogP contribution is -2.29. The third-order valence-corrected chi connectivity index (χ3v) is 4.14. The van der Waals surface area contributed by atoms with E-state index in [9.17, 15) is 4.79 Å². The molecule has 1 aliphatic heterocycles. The highest BCUT2D eigenvalue weighted by molar-refractivity contribution is 5.89. The molecule has 1 saturated heterocycles. The summed E-state index contributed by atoms with van der Waals surface area (Å²) in [5.74, 6) is -0.575. The Morgan fingerprint density at radius 3 is 2.77 bits per heavy atom. The fourth-order valence-corrected chi connectivity index (χ4v) is 2.95. The quantitative estimate of drug-likeness (QED) is 0.803. The maximum atomic E-state index is 12.3. The van der Waals surface area contributed by atoms with Crippen LogP contribution in [0.3, 0.4) is 0 Å². The monoisotopic (exact) mass is 301 g/mol. The average molecular weight is 301 g/mol. The third-order valence-electron chi connectivity index (χ3n) is 4.14. The van der Waals surface area contributed by atoms with E-state index in [1.165, 1.54) is 0 Å². The van der Waals surface area contributed by atoms with Crippen molar-refractivity contribution in [3.8, 4) is 6.07 Å². The predicted molar refractivity (Wildman–Crippen MR) is 77.9 cm³/mol. The molecule has 2 aliphatic rings. The van der Waals surface area contributed by atoms with Crippen LogP contribution >= 0.6 is 0 Å².